The summed E-state index contributed by atoms with van der Waals surface area (Å²) in [6.07, 6.45) is 8.38. The number of hydrogen-bond donors (Lipinski definition) is 2. The van der Waals surface area contributed by atoms with Crippen molar-refractivity contribution in [3.63, 3.8) is 0 Å². The fraction of sp³-hybridized carbons (Fsp3) is 0.579. The molecule has 2 N–H and O–H groups in total. The predicted octanol–water partition coefficient (Wildman–Crippen LogP) is 4.20. The summed E-state index contributed by atoms with van der Waals surface area (Å²) in [4.78, 5) is 4.39. The van der Waals surface area contributed by atoms with Crippen LogP contribution in [0.2, 0.25) is 0 Å². The summed E-state index contributed by atoms with van der Waals surface area (Å²) in [6, 6.07) is 4.25. The van der Waals surface area contributed by atoms with Gasteiger partial charge in [0.1, 0.15) is 11.9 Å². The summed E-state index contributed by atoms with van der Waals surface area (Å²) in [5.74, 6) is 1.15. The van der Waals surface area contributed by atoms with E-state index >= 15 is 0 Å². The smallest absolute Gasteiger partial charge is 0.204 e. The van der Waals surface area contributed by atoms with Gasteiger partial charge in [-0.05, 0) is 35.7 Å². The molecular weight excluding hydrogens is 396 g/mol. The third-order valence-electron chi connectivity index (χ3n) is 4.69. The summed E-state index contributed by atoms with van der Waals surface area (Å²) >= 11 is 3.56. The van der Waals surface area contributed by atoms with Gasteiger partial charge >= 0.3 is 0 Å². The molecule has 6 nitrogen and oxygen atoms in total. The Hall–Kier alpha value is -1.62. The van der Waals surface area contributed by atoms with Crippen LogP contribution in [-0.2, 0) is 4.74 Å². The van der Waals surface area contributed by atoms with Crippen LogP contribution in [0.15, 0.2) is 21.2 Å². The maximum atomic E-state index is 8.86. The molecule has 3 heterocycles. The minimum Gasteiger partial charge on any atom is -0.444 e. The van der Waals surface area contributed by atoms with Crippen molar-refractivity contribution in [3.8, 4) is 6.07 Å². The third kappa shape index (κ3) is 4.97. The number of fused-ring (bicyclic) bond motifs is 1. The van der Waals surface area contributed by atoms with Gasteiger partial charge in [0.25, 0.3) is 0 Å². The lowest BCUT2D eigenvalue weighted by Gasteiger charge is -2.23. The highest BCUT2D eigenvalue weighted by molar-refractivity contribution is 9.10. The highest BCUT2D eigenvalue weighted by atomic mass is 79.9. The molecule has 1 saturated carbocycles. The molecule has 2 aliphatic rings. The van der Waals surface area contributed by atoms with Crippen LogP contribution in [0.1, 0.15) is 44.8 Å². The fourth-order valence-corrected chi connectivity index (χ4v) is 3.80. The number of anilines is 1. The van der Waals surface area contributed by atoms with E-state index < -0.39 is 0 Å². The van der Waals surface area contributed by atoms with Crippen LogP contribution in [0, 0.1) is 11.3 Å². The van der Waals surface area contributed by atoms with E-state index in [9.17, 15) is 0 Å². The quantitative estimate of drug-likeness (QED) is 0.756. The van der Waals surface area contributed by atoms with Gasteiger partial charge in [0.2, 0.25) is 5.76 Å². The molecule has 1 aliphatic heterocycles. The minimum atomic E-state index is 0.312. The number of halogens is 1. The van der Waals surface area contributed by atoms with Crippen LogP contribution in [0.25, 0.3) is 11.0 Å². The Morgan fingerprint density at radius 1 is 1.35 bits per heavy atom. The zero-order chi connectivity index (χ0) is 18.4. The van der Waals surface area contributed by atoms with Crippen LogP contribution >= 0.6 is 15.9 Å². The number of nitriles is 1. The molecule has 7 heteroatoms. The molecule has 1 saturated heterocycles. The molecule has 1 unspecified atom stereocenters. The molecule has 2 aromatic rings. The number of nitrogens with one attached hydrogen (secondary N) is 2. The summed E-state index contributed by atoms with van der Waals surface area (Å²) in [7, 11) is 0. The molecule has 1 atom stereocenters. The lowest BCUT2D eigenvalue weighted by molar-refractivity contribution is 0.0410. The Morgan fingerprint density at radius 2 is 2.15 bits per heavy atom. The van der Waals surface area contributed by atoms with Gasteiger partial charge in [-0.2, -0.15) is 5.26 Å². The first-order chi connectivity index (χ1) is 12.7. The SMILES string of the molecule is CC1CNCCO1.N#Cc1cc2c(Br)c(NC3CCCCC3)ncc2o1. The Kier molecular flexibility index (Phi) is 6.89. The van der Waals surface area contributed by atoms with E-state index in [-0.39, 0.29) is 0 Å². The summed E-state index contributed by atoms with van der Waals surface area (Å²) in [5, 5.41) is 16.5. The Morgan fingerprint density at radius 3 is 2.77 bits per heavy atom. The van der Waals surface area contributed by atoms with E-state index in [0.29, 0.717) is 23.5 Å². The van der Waals surface area contributed by atoms with Gasteiger partial charge in [-0.15, -0.1) is 0 Å². The van der Waals surface area contributed by atoms with Crippen molar-refractivity contribution in [3.05, 3.63) is 22.5 Å². The third-order valence-corrected chi connectivity index (χ3v) is 5.49. The molecule has 4 rings (SSSR count). The molecule has 0 bridgehead atoms. The lowest BCUT2D eigenvalue weighted by Crippen LogP contribution is -2.36. The van der Waals surface area contributed by atoms with Crippen LogP contribution in [0.3, 0.4) is 0 Å². The molecule has 0 radical (unpaired) electrons. The standard InChI is InChI=1S/C14H14BrN3O.C5H11NO/c15-13-11-6-10(7-16)19-12(11)8-17-14(13)18-9-4-2-1-3-5-9;1-5-4-6-2-3-7-5/h6,8-9H,1-5H2,(H,17,18);5-6H,2-4H2,1H3. The molecule has 140 valence electrons. The number of nitrogens with zero attached hydrogens (tertiary/aromatic N) is 2. The molecule has 1 aliphatic carbocycles. The molecule has 0 amide bonds. The maximum Gasteiger partial charge on any atom is 0.204 e. The first-order valence-electron chi connectivity index (χ1n) is 9.24. The highest BCUT2D eigenvalue weighted by Gasteiger charge is 2.17. The summed E-state index contributed by atoms with van der Waals surface area (Å²) < 4.78 is 11.5. The number of rotatable bonds is 2. The van der Waals surface area contributed by atoms with Crippen molar-refractivity contribution in [1.82, 2.24) is 10.3 Å². The van der Waals surface area contributed by atoms with E-state index in [1.165, 1.54) is 32.1 Å². The van der Waals surface area contributed by atoms with Crippen LogP contribution in [0.4, 0.5) is 5.82 Å². The van der Waals surface area contributed by atoms with Crippen molar-refractivity contribution in [2.45, 2.75) is 51.2 Å². The molecule has 0 aromatic carbocycles. The van der Waals surface area contributed by atoms with Gasteiger partial charge in [-0.1, -0.05) is 19.3 Å². The minimum absolute atomic E-state index is 0.312. The number of aromatic nitrogens is 1. The van der Waals surface area contributed by atoms with E-state index in [1.54, 1.807) is 12.3 Å². The van der Waals surface area contributed by atoms with E-state index in [1.807, 2.05) is 6.07 Å². The van der Waals surface area contributed by atoms with Gasteiger partial charge in [-0.3, -0.25) is 0 Å². The van der Waals surface area contributed by atoms with Crippen molar-refractivity contribution < 1.29 is 9.15 Å². The number of pyridine rings is 1. The second-order valence-corrected chi connectivity index (χ2v) is 7.58. The summed E-state index contributed by atoms with van der Waals surface area (Å²) in [5.41, 5.74) is 0.637. The van der Waals surface area contributed by atoms with E-state index in [2.05, 4.69) is 38.5 Å². The molecule has 26 heavy (non-hydrogen) atoms. The van der Waals surface area contributed by atoms with Crippen molar-refractivity contribution >= 4 is 32.7 Å². The van der Waals surface area contributed by atoms with Crippen molar-refractivity contribution in [1.29, 1.82) is 5.26 Å². The molecule has 0 spiro atoms. The average Bonchev–Trinajstić information content (AvgIpc) is 3.10. The summed E-state index contributed by atoms with van der Waals surface area (Å²) in [6.45, 7) is 4.98. The number of morpholine rings is 1. The van der Waals surface area contributed by atoms with Gasteiger partial charge in [0.15, 0.2) is 5.58 Å². The van der Waals surface area contributed by atoms with E-state index in [4.69, 9.17) is 14.4 Å². The van der Waals surface area contributed by atoms with Crippen molar-refractivity contribution in [2.24, 2.45) is 0 Å². The molecule has 2 fully saturated rings. The second-order valence-electron chi connectivity index (χ2n) is 6.79. The zero-order valence-corrected chi connectivity index (χ0v) is 16.6. The van der Waals surface area contributed by atoms with Gasteiger partial charge in [0.05, 0.1) is 23.4 Å². The van der Waals surface area contributed by atoms with Crippen LogP contribution in [0.5, 0.6) is 0 Å². The van der Waals surface area contributed by atoms with E-state index in [0.717, 1.165) is 35.4 Å². The highest BCUT2D eigenvalue weighted by Crippen LogP contribution is 2.33. The first-order valence-corrected chi connectivity index (χ1v) is 10.0. The normalized spacial score (nSPS) is 20.9. The zero-order valence-electron chi connectivity index (χ0n) is 15.1. The van der Waals surface area contributed by atoms with Gasteiger partial charge < -0.3 is 19.8 Å². The van der Waals surface area contributed by atoms with Crippen LogP contribution < -0.4 is 10.6 Å². The maximum absolute atomic E-state index is 8.86. The Balaban J connectivity index is 0.000000236. The average molecular weight is 421 g/mol. The van der Waals surface area contributed by atoms with Gasteiger partial charge in [-0.25, -0.2) is 4.98 Å². The monoisotopic (exact) mass is 420 g/mol. The Labute approximate surface area is 162 Å². The number of ether oxygens (including phenoxy) is 1. The topological polar surface area (TPSA) is 83.1 Å². The molecular formula is C19H25BrN4O2. The lowest BCUT2D eigenvalue weighted by atomic mass is 9.95. The number of hydrogen-bond acceptors (Lipinski definition) is 6. The first kappa shape index (κ1) is 19.2. The fourth-order valence-electron chi connectivity index (χ4n) is 3.27. The second kappa shape index (κ2) is 9.36. The van der Waals surface area contributed by atoms with Crippen molar-refractivity contribution in [2.75, 3.05) is 25.0 Å². The molecule has 2 aromatic heterocycles. The largest absolute Gasteiger partial charge is 0.444 e. The van der Waals surface area contributed by atoms with Gasteiger partial charge in [0, 0.05) is 30.6 Å². The number of furan rings is 1. The van der Waals surface area contributed by atoms with Crippen LogP contribution in [-0.4, -0.2) is 36.8 Å². The Bertz CT molecular complexity index is 759. The predicted molar refractivity (Wildman–Crippen MR) is 105 cm³/mol.